The van der Waals surface area contributed by atoms with Gasteiger partial charge in [0.15, 0.2) is 0 Å². The lowest BCUT2D eigenvalue weighted by atomic mass is 9.90. The van der Waals surface area contributed by atoms with E-state index < -0.39 is 14.8 Å². The van der Waals surface area contributed by atoms with Crippen LogP contribution in [0.3, 0.4) is 0 Å². The van der Waals surface area contributed by atoms with Crippen molar-refractivity contribution in [3.8, 4) is 22.9 Å². The summed E-state index contributed by atoms with van der Waals surface area (Å²) < 4.78 is 35.9. The van der Waals surface area contributed by atoms with E-state index in [1.165, 1.54) is 0 Å². The van der Waals surface area contributed by atoms with Gasteiger partial charge in [-0.05, 0) is 69.8 Å². The van der Waals surface area contributed by atoms with E-state index in [1.54, 1.807) is 18.6 Å². The first-order valence-electron chi connectivity index (χ1n) is 14.8. The van der Waals surface area contributed by atoms with Gasteiger partial charge in [0, 0.05) is 47.5 Å². The summed E-state index contributed by atoms with van der Waals surface area (Å²) in [7, 11) is -3.60. The summed E-state index contributed by atoms with van der Waals surface area (Å²) in [4.78, 5) is 13.7. The Bertz CT molecular complexity index is 1680. The minimum atomic E-state index is -3.60. The third-order valence-electron chi connectivity index (χ3n) is 8.53. The van der Waals surface area contributed by atoms with Crippen LogP contribution in [-0.2, 0) is 10.0 Å². The number of piperidine rings is 1. The van der Waals surface area contributed by atoms with Gasteiger partial charge in [-0.25, -0.2) is 23.4 Å². The molecule has 2 aromatic carbocycles. The molecule has 10 heteroatoms. The summed E-state index contributed by atoms with van der Waals surface area (Å²) in [6.45, 7) is 5.74. The quantitative estimate of drug-likeness (QED) is 0.216. The second kappa shape index (κ2) is 11.9. The summed E-state index contributed by atoms with van der Waals surface area (Å²) in [5.74, 6) is 1.76. The summed E-state index contributed by atoms with van der Waals surface area (Å²) in [5.41, 5.74) is 2.79. The number of hydrogen-bond acceptors (Lipinski definition) is 8. The molecule has 2 aliphatic rings. The molecule has 0 bridgehead atoms. The molecule has 1 atom stereocenters. The Hall–Kier alpha value is -3.76. The van der Waals surface area contributed by atoms with Crippen LogP contribution in [0.1, 0.15) is 57.4 Å². The maximum absolute atomic E-state index is 13.6. The van der Waals surface area contributed by atoms with Crippen molar-refractivity contribution in [1.82, 2.24) is 20.3 Å². The van der Waals surface area contributed by atoms with Gasteiger partial charge < -0.3 is 15.4 Å². The fraction of sp³-hybridized carbons (Fsp3) is 0.406. The average Bonchev–Trinajstić information content (AvgIpc) is 3.00. The lowest BCUT2D eigenvalue weighted by molar-refractivity contribution is 0.396. The molecule has 2 fully saturated rings. The van der Waals surface area contributed by atoms with E-state index in [0.717, 1.165) is 72.9 Å². The molecule has 0 radical (unpaired) electrons. The molecule has 9 nitrogen and oxygen atoms in total. The number of nitrogens with one attached hydrogen (secondary N) is 3. The first-order chi connectivity index (χ1) is 20.3. The smallest absolute Gasteiger partial charge is 0.246 e. The summed E-state index contributed by atoms with van der Waals surface area (Å²) >= 11 is 0. The van der Waals surface area contributed by atoms with Gasteiger partial charge in [-0.3, -0.25) is 4.72 Å². The highest BCUT2D eigenvalue weighted by Crippen LogP contribution is 2.41. The number of rotatable bonds is 8. The fourth-order valence-corrected chi connectivity index (χ4v) is 7.61. The molecular formula is C32H38N6O3S. The minimum Gasteiger partial charge on any atom is -0.436 e. The highest BCUT2D eigenvalue weighted by molar-refractivity contribution is 7.94. The Balaban J connectivity index is 1.32. The fourth-order valence-electron chi connectivity index (χ4n) is 6.08. The van der Waals surface area contributed by atoms with Crippen LogP contribution >= 0.6 is 0 Å². The van der Waals surface area contributed by atoms with Crippen molar-refractivity contribution in [3.05, 3.63) is 66.6 Å². The van der Waals surface area contributed by atoms with Crippen molar-refractivity contribution < 1.29 is 13.2 Å². The molecule has 1 aliphatic carbocycles. The third kappa shape index (κ3) is 5.78. The zero-order valence-corrected chi connectivity index (χ0v) is 25.0. The molecule has 1 saturated carbocycles. The van der Waals surface area contributed by atoms with Crippen LogP contribution in [0.2, 0.25) is 0 Å². The lowest BCUT2D eigenvalue weighted by Gasteiger charge is -2.33. The Labute approximate surface area is 247 Å². The molecule has 3 N–H and O–H groups in total. The maximum atomic E-state index is 13.6. The molecule has 6 rings (SSSR count). The van der Waals surface area contributed by atoms with Gasteiger partial charge in [-0.15, -0.1) is 0 Å². The maximum Gasteiger partial charge on any atom is 0.246 e. The van der Waals surface area contributed by atoms with Crippen LogP contribution in [0, 0.1) is 6.92 Å². The predicted molar refractivity (Wildman–Crippen MR) is 168 cm³/mol. The van der Waals surface area contributed by atoms with Gasteiger partial charge in [-0.1, -0.05) is 43.5 Å². The van der Waals surface area contributed by atoms with Crippen molar-refractivity contribution >= 4 is 32.3 Å². The topological polar surface area (TPSA) is 118 Å². The van der Waals surface area contributed by atoms with Crippen LogP contribution < -0.4 is 20.1 Å². The molecule has 220 valence electrons. The molecule has 0 amide bonds. The van der Waals surface area contributed by atoms with Gasteiger partial charge in [0.05, 0.1) is 10.4 Å². The number of pyridine rings is 1. The van der Waals surface area contributed by atoms with E-state index >= 15 is 0 Å². The Morgan fingerprint density at radius 2 is 1.74 bits per heavy atom. The SMILES string of the molecule is Cc1cc(NS(=O)(=O)C2(C)CCCCC2)c2ccccc2c1Oc1nccnc1-c1ccnc(NC2CCCNC2)c1. The molecule has 4 aromatic rings. The first kappa shape index (κ1) is 28.4. The average molecular weight is 587 g/mol. The van der Waals surface area contributed by atoms with Crippen LogP contribution in [0.15, 0.2) is 61.1 Å². The molecule has 1 aliphatic heterocycles. The highest BCUT2D eigenvalue weighted by atomic mass is 32.2. The van der Waals surface area contributed by atoms with Gasteiger partial charge >= 0.3 is 0 Å². The predicted octanol–water partition coefficient (Wildman–Crippen LogP) is 6.42. The molecule has 3 heterocycles. The summed E-state index contributed by atoms with van der Waals surface area (Å²) in [6.07, 6.45) is 11.5. The molecule has 1 saturated heterocycles. The number of benzene rings is 2. The largest absolute Gasteiger partial charge is 0.436 e. The van der Waals surface area contributed by atoms with Crippen molar-refractivity contribution in [2.45, 2.75) is 69.6 Å². The first-order valence-corrected chi connectivity index (χ1v) is 16.3. The number of nitrogens with zero attached hydrogens (tertiary/aromatic N) is 3. The Morgan fingerprint density at radius 1 is 0.952 bits per heavy atom. The van der Waals surface area contributed by atoms with Crippen molar-refractivity contribution in [3.63, 3.8) is 0 Å². The Morgan fingerprint density at radius 3 is 2.52 bits per heavy atom. The number of anilines is 2. The standard InChI is InChI=1S/C32H38N6O3S/c1-22-19-27(38-42(39,40)32(2)13-6-3-7-14-32)25-10-4-5-11-26(25)30(22)41-31-29(35-17-18-36-31)23-12-16-34-28(20-23)37-24-9-8-15-33-21-24/h4-5,10-12,16-20,24,33,38H,3,6-9,13-15,21H2,1-2H3,(H,34,37). The minimum absolute atomic E-state index is 0.324. The molecule has 0 spiro atoms. The van der Waals surface area contributed by atoms with E-state index in [2.05, 4.69) is 30.3 Å². The van der Waals surface area contributed by atoms with E-state index in [-0.39, 0.29) is 0 Å². The number of hydrogen-bond donors (Lipinski definition) is 3. The van der Waals surface area contributed by atoms with Gasteiger partial charge in [0.25, 0.3) is 0 Å². The third-order valence-corrected chi connectivity index (χ3v) is 10.7. The molecule has 2 aromatic heterocycles. The van der Waals surface area contributed by atoms with Crippen LogP contribution in [0.25, 0.3) is 22.0 Å². The van der Waals surface area contributed by atoms with Crippen molar-refractivity contribution in [2.75, 3.05) is 23.1 Å². The summed E-state index contributed by atoms with van der Waals surface area (Å²) in [6, 6.07) is 13.7. The van der Waals surface area contributed by atoms with Gasteiger partial charge in [0.2, 0.25) is 15.9 Å². The second-order valence-electron chi connectivity index (χ2n) is 11.7. The second-order valence-corrected chi connectivity index (χ2v) is 13.9. The van der Waals surface area contributed by atoms with E-state index in [0.29, 0.717) is 41.9 Å². The number of ether oxygens (including phenoxy) is 1. The number of aryl methyl sites for hydroxylation is 1. The number of sulfonamides is 1. The number of fused-ring (bicyclic) bond motifs is 1. The summed E-state index contributed by atoms with van der Waals surface area (Å²) in [5, 5.41) is 8.51. The highest BCUT2D eigenvalue weighted by Gasteiger charge is 2.40. The van der Waals surface area contributed by atoms with Crippen LogP contribution in [-0.4, -0.2) is 47.2 Å². The normalized spacial score (nSPS) is 18.9. The van der Waals surface area contributed by atoms with Crippen molar-refractivity contribution in [2.24, 2.45) is 0 Å². The van der Waals surface area contributed by atoms with E-state index in [1.807, 2.05) is 56.3 Å². The zero-order valence-electron chi connectivity index (χ0n) is 24.2. The van der Waals surface area contributed by atoms with Crippen LogP contribution in [0.5, 0.6) is 11.6 Å². The molecule has 42 heavy (non-hydrogen) atoms. The molecular weight excluding hydrogens is 548 g/mol. The van der Waals surface area contributed by atoms with Gasteiger partial charge in [0.1, 0.15) is 17.3 Å². The Kier molecular flexibility index (Phi) is 8.00. The lowest BCUT2D eigenvalue weighted by Crippen LogP contribution is -2.41. The van der Waals surface area contributed by atoms with Gasteiger partial charge in [-0.2, -0.15) is 0 Å². The van der Waals surface area contributed by atoms with Crippen molar-refractivity contribution in [1.29, 1.82) is 0 Å². The van der Waals surface area contributed by atoms with E-state index in [9.17, 15) is 8.42 Å². The number of aromatic nitrogens is 3. The van der Waals surface area contributed by atoms with Crippen LogP contribution in [0.4, 0.5) is 11.5 Å². The monoisotopic (exact) mass is 586 g/mol. The zero-order chi connectivity index (χ0) is 29.2. The molecule has 1 unspecified atom stereocenters. The van der Waals surface area contributed by atoms with E-state index in [4.69, 9.17) is 4.74 Å².